The van der Waals surface area contributed by atoms with Crippen LogP contribution in [0.15, 0.2) is 60.7 Å². The van der Waals surface area contributed by atoms with Gasteiger partial charge in [0.05, 0.1) is 7.14 Å². The Kier molecular flexibility index (Phi) is 6.97. The minimum absolute atomic E-state index is 0.164. The van der Waals surface area contributed by atoms with E-state index in [1.54, 1.807) is 14.2 Å². The van der Waals surface area contributed by atoms with E-state index in [-0.39, 0.29) is 13.6 Å². The molecule has 0 aliphatic heterocycles. The number of methoxy groups -OCH3 is 2. The normalized spacial score (nSPS) is 11.2. The van der Waals surface area contributed by atoms with Gasteiger partial charge in [0.1, 0.15) is 11.5 Å². The molecule has 0 saturated carbocycles. The van der Waals surface area contributed by atoms with Crippen molar-refractivity contribution < 1.29 is 18.9 Å². The summed E-state index contributed by atoms with van der Waals surface area (Å²) in [6, 6.07) is 20.9. The smallest absolute Gasteiger partial charge is 0.188 e. The maximum absolute atomic E-state index is 6.11. The topological polar surface area (TPSA) is 36.9 Å². The second-order valence-electron chi connectivity index (χ2n) is 6.67. The molecule has 0 aliphatic carbocycles. The van der Waals surface area contributed by atoms with Gasteiger partial charge in [-0.3, -0.25) is 0 Å². The minimum Gasteiger partial charge on any atom is -0.466 e. The lowest BCUT2D eigenvalue weighted by Crippen LogP contribution is -2.06. The molecule has 0 N–H and O–H groups in total. The highest BCUT2D eigenvalue weighted by molar-refractivity contribution is 14.1. The summed E-state index contributed by atoms with van der Waals surface area (Å²) in [5.74, 6) is 1.57. The maximum atomic E-state index is 6.11. The van der Waals surface area contributed by atoms with Crippen molar-refractivity contribution in [2.45, 2.75) is 0 Å². The van der Waals surface area contributed by atoms with Crippen molar-refractivity contribution in [2.24, 2.45) is 0 Å². The number of hydrogen-bond donors (Lipinski definition) is 0. The van der Waals surface area contributed by atoms with E-state index in [0.717, 1.165) is 51.3 Å². The fourth-order valence-corrected chi connectivity index (χ4v) is 5.12. The molecule has 0 bridgehead atoms. The summed E-state index contributed by atoms with van der Waals surface area (Å²) in [6.07, 6.45) is 0. The number of rotatable bonds is 7. The average Bonchev–Trinajstić information content (AvgIpc) is 2.76. The summed E-state index contributed by atoms with van der Waals surface area (Å²) < 4.78 is 24.7. The molecule has 4 aromatic rings. The Morgan fingerprint density at radius 1 is 0.633 bits per heavy atom. The lowest BCUT2D eigenvalue weighted by atomic mass is 9.92. The first kappa shape index (κ1) is 21.6. The standard InChI is InChI=1S/C24H20I2O4/c1-27-13-29-23-19(25)11-15-7-3-5-9-17(15)21(23)22-18-10-6-4-8-16(18)12-20(26)24(22)30-14-28-2/h3-12H,13-14H2,1-2H3. The van der Waals surface area contributed by atoms with Gasteiger partial charge in [0.2, 0.25) is 0 Å². The summed E-state index contributed by atoms with van der Waals surface area (Å²) in [4.78, 5) is 0. The van der Waals surface area contributed by atoms with E-state index < -0.39 is 0 Å². The Bertz CT molecular complexity index is 1110. The summed E-state index contributed by atoms with van der Waals surface area (Å²) >= 11 is 4.65. The second-order valence-corrected chi connectivity index (χ2v) is 8.99. The zero-order valence-electron chi connectivity index (χ0n) is 16.6. The SMILES string of the molecule is COCOc1c(I)cc2ccccc2c1-c1c(OCOC)c(I)cc2ccccc12. The molecule has 0 aliphatic rings. The third-order valence-electron chi connectivity index (χ3n) is 4.80. The third kappa shape index (κ3) is 4.10. The van der Waals surface area contributed by atoms with E-state index in [2.05, 4.69) is 81.6 Å². The number of ether oxygens (including phenoxy) is 4. The minimum atomic E-state index is 0.164. The molecule has 30 heavy (non-hydrogen) atoms. The van der Waals surface area contributed by atoms with Crippen LogP contribution in [0, 0.1) is 7.14 Å². The molecule has 0 atom stereocenters. The van der Waals surface area contributed by atoms with Gasteiger partial charge in [-0.1, -0.05) is 48.5 Å². The molecule has 154 valence electrons. The Hall–Kier alpha value is -1.62. The van der Waals surface area contributed by atoms with Gasteiger partial charge in [-0.15, -0.1) is 0 Å². The molecule has 0 radical (unpaired) electrons. The molecule has 0 aromatic heterocycles. The summed E-state index contributed by atoms with van der Waals surface area (Å²) in [5.41, 5.74) is 1.99. The van der Waals surface area contributed by atoms with Crippen LogP contribution in [-0.2, 0) is 9.47 Å². The summed E-state index contributed by atoms with van der Waals surface area (Å²) in [7, 11) is 3.25. The van der Waals surface area contributed by atoms with Crippen molar-refractivity contribution in [1.82, 2.24) is 0 Å². The van der Waals surface area contributed by atoms with Gasteiger partial charge in [-0.2, -0.15) is 0 Å². The maximum Gasteiger partial charge on any atom is 0.188 e. The molecule has 4 aromatic carbocycles. The van der Waals surface area contributed by atoms with Crippen LogP contribution in [0.1, 0.15) is 0 Å². The van der Waals surface area contributed by atoms with Crippen LogP contribution in [0.4, 0.5) is 0 Å². The number of benzene rings is 4. The molecular formula is C24H20I2O4. The van der Waals surface area contributed by atoms with Crippen molar-refractivity contribution in [3.63, 3.8) is 0 Å². The van der Waals surface area contributed by atoms with Gasteiger partial charge in [0, 0.05) is 25.3 Å². The van der Waals surface area contributed by atoms with Crippen LogP contribution in [-0.4, -0.2) is 27.8 Å². The Morgan fingerprint density at radius 2 is 1.03 bits per heavy atom. The van der Waals surface area contributed by atoms with Gasteiger partial charge in [-0.05, 0) is 78.9 Å². The van der Waals surface area contributed by atoms with E-state index >= 15 is 0 Å². The zero-order valence-corrected chi connectivity index (χ0v) is 20.9. The third-order valence-corrected chi connectivity index (χ3v) is 6.41. The van der Waals surface area contributed by atoms with E-state index in [0.29, 0.717) is 0 Å². The summed E-state index contributed by atoms with van der Waals surface area (Å²) in [6.45, 7) is 0.328. The molecule has 0 spiro atoms. The van der Waals surface area contributed by atoms with Crippen LogP contribution in [0.2, 0.25) is 0 Å². The van der Waals surface area contributed by atoms with Gasteiger partial charge >= 0.3 is 0 Å². The lowest BCUT2D eigenvalue weighted by molar-refractivity contribution is 0.0495. The van der Waals surface area contributed by atoms with Crippen LogP contribution < -0.4 is 9.47 Å². The van der Waals surface area contributed by atoms with Crippen LogP contribution in [0.3, 0.4) is 0 Å². The van der Waals surface area contributed by atoms with Crippen molar-refractivity contribution in [2.75, 3.05) is 27.8 Å². The van der Waals surface area contributed by atoms with E-state index in [1.165, 1.54) is 0 Å². The molecule has 0 heterocycles. The lowest BCUT2D eigenvalue weighted by Gasteiger charge is -2.21. The number of halogens is 2. The van der Waals surface area contributed by atoms with Gasteiger partial charge in [0.25, 0.3) is 0 Å². The second kappa shape index (κ2) is 9.67. The first-order chi connectivity index (χ1) is 14.7. The largest absolute Gasteiger partial charge is 0.466 e. The van der Waals surface area contributed by atoms with E-state index in [1.807, 2.05) is 24.3 Å². The predicted octanol–water partition coefficient (Wildman–Crippen LogP) is 6.83. The van der Waals surface area contributed by atoms with Gasteiger partial charge in [0.15, 0.2) is 13.6 Å². The predicted molar refractivity (Wildman–Crippen MR) is 137 cm³/mol. The number of hydrogen-bond acceptors (Lipinski definition) is 4. The van der Waals surface area contributed by atoms with Crippen LogP contribution in [0.25, 0.3) is 32.7 Å². The zero-order chi connectivity index (χ0) is 21.1. The fraction of sp³-hybridized carbons (Fsp3) is 0.167. The molecule has 6 heteroatoms. The molecule has 4 nitrogen and oxygen atoms in total. The molecule has 0 unspecified atom stereocenters. The van der Waals surface area contributed by atoms with Crippen molar-refractivity contribution in [1.29, 1.82) is 0 Å². The Morgan fingerprint density at radius 3 is 1.43 bits per heavy atom. The molecule has 4 rings (SSSR count). The molecule has 0 amide bonds. The fourth-order valence-electron chi connectivity index (χ4n) is 3.60. The molecular weight excluding hydrogens is 606 g/mol. The summed E-state index contributed by atoms with van der Waals surface area (Å²) in [5, 5.41) is 4.47. The molecule has 0 saturated heterocycles. The highest BCUT2D eigenvalue weighted by Crippen LogP contribution is 2.48. The molecule has 0 fully saturated rings. The van der Waals surface area contributed by atoms with Crippen LogP contribution >= 0.6 is 45.2 Å². The Labute approximate surface area is 202 Å². The quantitative estimate of drug-likeness (QED) is 0.167. The van der Waals surface area contributed by atoms with Crippen molar-refractivity contribution in [3.05, 3.63) is 67.8 Å². The van der Waals surface area contributed by atoms with Crippen LogP contribution in [0.5, 0.6) is 11.5 Å². The Balaban J connectivity index is 2.16. The average molecular weight is 626 g/mol. The van der Waals surface area contributed by atoms with E-state index in [4.69, 9.17) is 18.9 Å². The highest BCUT2D eigenvalue weighted by Gasteiger charge is 2.23. The highest BCUT2D eigenvalue weighted by atomic mass is 127. The van der Waals surface area contributed by atoms with Crippen molar-refractivity contribution in [3.8, 4) is 22.6 Å². The van der Waals surface area contributed by atoms with Gasteiger partial charge < -0.3 is 18.9 Å². The van der Waals surface area contributed by atoms with Crippen molar-refractivity contribution >= 4 is 66.7 Å². The van der Waals surface area contributed by atoms with E-state index in [9.17, 15) is 0 Å². The first-order valence-corrected chi connectivity index (χ1v) is 11.5. The first-order valence-electron chi connectivity index (χ1n) is 9.32. The number of fused-ring (bicyclic) bond motifs is 2. The monoisotopic (exact) mass is 626 g/mol. The van der Waals surface area contributed by atoms with Gasteiger partial charge in [-0.25, -0.2) is 0 Å².